The fraction of sp³-hybridized carbons (Fsp3) is 0.350. The molecule has 0 saturated carbocycles. The van der Waals surface area contributed by atoms with Crippen LogP contribution in [0.1, 0.15) is 13.3 Å². The van der Waals surface area contributed by atoms with E-state index < -0.39 is 46.0 Å². The van der Waals surface area contributed by atoms with Gasteiger partial charge in [0.15, 0.2) is 0 Å². The number of rotatable bonds is 9. The molecular weight excluding hydrogens is 471 g/mol. The van der Waals surface area contributed by atoms with Gasteiger partial charge in [-0.1, -0.05) is 11.6 Å². The van der Waals surface area contributed by atoms with Crippen LogP contribution in [0, 0.1) is 11.6 Å². The normalized spacial score (nSPS) is 12.6. The molecule has 1 unspecified atom stereocenters. The van der Waals surface area contributed by atoms with Crippen LogP contribution in [0.3, 0.4) is 0 Å². The lowest BCUT2D eigenvalue weighted by Crippen LogP contribution is -2.33. The summed E-state index contributed by atoms with van der Waals surface area (Å²) in [6, 6.07) is 1.28. The Balaban J connectivity index is 2.07. The Morgan fingerprint density at radius 1 is 1.15 bits per heavy atom. The van der Waals surface area contributed by atoms with Gasteiger partial charge < -0.3 is 15.4 Å². The van der Waals surface area contributed by atoms with Crippen molar-refractivity contribution < 1.29 is 26.7 Å². The molecule has 0 fully saturated rings. The zero-order valence-corrected chi connectivity index (χ0v) is 18.3. The van der Waals surface area contributed by atoms with Gasteiger partial charge in [0.25, 0.3) is 5.95 Å². The second-order valence-electron chi connectivity index (χ2n) is 6.96. The van der Waals surface area contributed by atoms with E-state index in [1.807, 2.05) is 0 Å². The molecule has 1 atom stereocenters. The summed E-state index contributed by atoms with van der Waals surface area (Å²) in [4.78, 5) is 7.96. The topological polar surface area (TPSA) is 76.9 Å². The van der Waals surface area contributed by atoms with Crippen molar-refractivity contribution in [2.75, 3.05) is 25.5 Å². The standard InChI is InChI=1S/C20H20ClF5N6O/c1-11(20(24,25)26)29-18-16(17(21)30-19(31-18)32-7-3-6-28-32)15-13(22)9-12(10-14(15)23)33-8-4-5-27-2/h3,6-7,9-11,27H,4-5,8H2,1-2H3,(H,29,30,31). The summed E-state index contributed by atoms with van der Waals surface area (Å²) in [5.74, 6) is -2.97. The first-order valence-electron chi connectivity index (χ1n) is 9.79. The lowest BCUT2D eigenvalue weighted by Gasteiger charge is -2.21. The van der Waals surface area contributed by atoms with Crippen LogP contribution in [-0.4, -0.2) is 52.2 Å². The van der Waals surface area contributed by atoms with Gasteiger partial charge in [0.2, 0.25) is 0 Å². The molecule has 0 saturated heterocycles. The summed E-state index contributed by atoms with van der Waals surface area (Å²) in [6.45, 7) is 1.69. The highest BCUT2D eigenvalue weighted by atomic mass is 35.5. The molecule has 0 aliphatic heterocycles. The van der Waals surface area contributed by atoms with Crippen molar-refractivity contribution in [1.29, 1.82) is 0 Å². The Bertz CT molecular complexity index is 1070. The molecule has 0 spiro atoms. The molecule has 3 rings (SSSR count). The van der Waals surface area contributed by atoms with E-state index in [2.05, 4.69) is 25.7 Å². The first-order valence-corrected chi connectivity index (χ1v) is 10.2. The van der Waals surface area contributed by atoms with Crippen LogP contribution in [0.2, 0.25) is 5.15 Å². The highest BCUT2D eigenvalue weighted by Crippen LogP contribution is 2.39. The average Bonchev–Trinajstić information content (AvgIpc) is 3.26. The number of hydrogen-bond donors (Lipinski definition) is 2. The summed E-state index contributed by atoms with van der Waals surface area (Å²) in [7, 11) is 1.75. The second-order valence-corrected chi connectivity index (χ2v) is 7.32. The zero-order valence-electron chi connectivity index (χ0n) is 17.6. The highest BCUT2D eigenvalue weighted by Gasteiger charge is 2.37. The number of benzene rings is 1. The number of nitrogens with one attached hydrogen (secondary N) is 2. The fourth-order valence-corrected chi connectivity index (χ4v) is 3.10. The monoisotopic (exact) mass is 490 g/mol. The van der Waals surface area contributed by atoms with E-state index in [4.69, 9.17) is 16.3 Å². The molecule has 3 aromatic rings. The van der Waals surface area contributed by atoms with Crippen molar-refractivity contribution in [3.63, 3.8) is 0 Å². The molecule has 0 radical (unpaired) electrons. The number of alkyl halides is 3. The number of halogens is 6. The molecular formula is C20H20ClF5N6O. The Morgan fingerprint density at radius 2 is 1.85 bits per heavy atom. The third-order valence-corrected chi connectivity index (χ3v) is 4.79. The molecule has 0 aliphatic rings. The van der Waals surface area contributed by atoms with Crippen molar-refractivity contribution >= 4 is 17.4 Å². The predicted molar refractivity (Wildman–Crippen MR) is 113 cm³/mol. The van der Waals surface area contributed by atoms with Crippen LogP contribution in [0.25, 0.3) is 17.1 Å². The van der Waals surface area contributed by atoms with Gasteiger partial charge in [-0.3, -0.25) is 0 Å². The maximum Gasteiger partial charge on any atom is 0.408 e. The van der Waals surface area contributed by atoms with Crippen molar-refractivity contribution in [3.8, 4) is 22.8 Å². The minimum atomic E-state index is -4.66. The summed E-state index contributed by atoms with van der Waals surface area (Å²) in [5, 5.41) is 8.48. The first-order chi connectivity index (χ1) is 15.6. The smallest absolute Gasteiger partial charge is 0.408 e. The predicted octanol–water partition coefficient (Wildman–Crippen LogP) is 4.61. The average molecular weight is 491 g/mol. The summed E-state index contributed by atoms with van der Waals surface area (Å²) in [6.07, 6.45) is -1.24. The minimum absolute atomic E-state index is 0.0757. The van der Waals surface area contributed by atoms with Crippen LogP contribution < -0.4 is 15.4 Å². The molecule has 2 N–H and O–H groups in total. The molecule has 7 nitrogen and oxygen atoms in total. The fourth-order valence-electron chi connectivity index (χ4n) is 2.84. The number of hydrogen-bond acceptors (Lipinski definition) is 6. The molecule has 13 heteroatoms. The second kappa shape index (κ2) is 10.3. The molecule has 1 aromatic carbocycles. The summed E-state index contributed by atoms with van der Waals surface area (Å²) in [5.41, 5.74) is -1.15. The van der Waals surface area contributed by atoms with Crippen molar-refractivity contribution in [2.24, 2.45) is 0 Å². The van der Waals surface area contributed by atoms with Crippen LogP contribution in [-0.2, 0) is 0 Å². The number of aromatic nitrogens is 4. The highest BCUT2D eigenvalue weighted by molar-refractivity contribution is 6.32. The summed E-state index contributed by atoms with van der Waals surface area (Å²) < 4.78 is 76.0. The zero-order chi connectivity index (χ0) is 24.2. The third-order valence-electron chi connectivity index (χ3n) is 4.51. The van der Waals surface area contributed by atoms with Crippen molar-refractivity contribution in [3.05, 3.63) is 47.4 Å². The van der Waals surface area contributed by atoms with Gasteiger partial charge in [0.05, 0.1) is 17.7 Å². The number of nitrogens with zero attached hydrogens (tertiary/aromatic N) is 4. The van der Waals surface area contributed by atoms with Gasteiger partial charge in [-0.2, -0.15) is 28.2 Å². The molecule has 0 aliphatic carbocycles. The van der Waals surface area contributed by atoms with E-state index in [-0.39, 0.29) is 18.3 Å². The number of ether oxygens (including phenoxy) is 1. The van der Waals surface area contributed by atoms with Gasteiger partial charge in [0, 0.05) is 24.5 Å². The first kappa shape index (κ1) is 24.6. The minimum Gasteiger partial charge on any atom is -0.493 e. The van der Waals surface area contributed by atoms with Gasteiger partial charge in [-0.05, 0) is 33.0 Å². The lowest BCUT2D eigenvalue weighted by molar-refractivity contribution is -0.138. The molecule has 2 heterocycles. The number of anilines is 1. The van der Waals surface area contributed by atoms with Crippen molar-refractivity contribution in [1.82, 2.24) is 25.1 Å². The molecule has 2 aromatic heterocycles. The maximum absolute atomic E-state index is 15.0. The molecule has 0 amide bonds. The van der Waals surface area contributed by atoms with E-state index in [0.717, 1.165) is 23.7 Å². The van der Waals surface area contributed by atoms with Gasteiger partial charge >= 0.3 is 6.18 Å². The van der Waals surface area contributed by atoms with E-state index >= 15 is 0 Å². The Morgan fingerprint density at radius 3 is 2.42 bits per heavy atom. The van der Waals surface area contributed by atoms with E-state index in [9.17, 15) is 22.0 Å². The van der Waals surface area contributed by atoms with Crippen LogP contribution >= 0.6 is 11.6 Å². The van der Waals surface area contributed by atoms with Gasteiger partial charge in [-0.25, -0.2) is 13.5 Å². The van der Waals surface area contributed by atoms with E-state index in [1.165, 1.54) is 18.5 Å². The van der Waals surface area contributed by atoms with Gasteiger partial charge in [-0.15, -0.1) is 0 Å². The van der Waals surface area contributed by atoms with E-state index in [1.54, 1.807) is 7.05 Å². The molecule has 33 heavy (non-hydrogen) atoms. The third kappa shape index (κ3) is 5.88. The lowest BCUT2D eigenvalue weighted by atomic mass is 10.1. The van der Waals surface area contributed by atoms with E-state index in [0.29, 0.717) is 13.0 Å². The quantitative estimate of drug-likeness (QED) is 0.259. The maximum atomic E-state index is 15.0. The Hall–Kier alpha value is -2.99. The van der Waals surface area contributed by atoms with Crippen molar-refractivity contribution in [2.45, 2.75) is 25.6 Å². The Labute approximate surface area is 190 Å². The summed E-state index contributed by atoms with van der Waals surface area (Å²) >= 11 is 6.20. The molecule has 178 valence electrons. The molecule has 0 bridgehead atoms. The van der Waals surface area contributed by atoms with Crippen LogP contribution in [0.5, 0.6) is 5.75 Å². The largest absolute Gasteiger partial charge is 0.493 e. The SMILES string of the molecule is CNCCCOc1cc(F)c(-c2c(Cl)nc(-n3cccn3)nc2NC(C)C(F)(F)F)c(F)c1. The van der Waals surface area contributed by atoms with Gasteiger partial charge in [0.1, 0.15) is 34.4 Å². The Kier molecular flexibility index (Phi) is 7.69. The van der Waals surface area contributed by atoms with Crippen LogP contribution in [0.4, 0.5) is 27.8 Å². The van der Waals surface area contributed by atoms with Crippen LogP contribution in [0.15, 0.2) is 30.6 Å².